The maximum Gasteiger partial charge on any atom is -0.00489 e. The molecule has 0 saturated heterocycles. The van der Waals surface area contributed by atoms with E-state index < -0.39 is 0 Å². The lowest BCUT2D eigenvalue weighted by molar-refractivity contribution is 0.561. The SMILES string of the molecule is CCCCCCNCCCCCCN. The van der Waals surface area contributed by atoms with Crippen LogP contribution in [-0.2, 0) is 0 Å². The van der Waals surface area contributed by atoms with Crippen LogP contribution in [0.15, 0.2) is 0 Å². The van der Waals surface area contributed by atoms with Gasteiger partial charge in [-0.1, -0.05) is 39.0 Å². The fourth-order valence-corrected chi connectivity index (χ4v) is 1.55. The van der Waals surface area contributed by atoms with Crippen molar-refractivity contribution in [3.63, 3.8) is 0 Å². The highest BCUT2D eigenvalue weighted by Gasteiger charge is 1.90. The third-order valence-electron chi connectivity index (χ3n) is 2.51. The molecule has 0 aliphatic rings. The van der Waals surface area contributed by atoms with Crippen LogP contribution >= 0.6 is 0 Å². The summed E-state index contributed by atoms with van der Waals surface area (Å²) >= 11 is 0. The molecule has 0 radical (unpaired) electrons. The second kappa shape index (κ2) is 12.9. The molecule has 0 fully saturated rings. The van der Waals surface area contributed by atoms with Gasteiger partial charge in [-0.05, 0) is 38.9 Å². The highest BCUT2D eigenvalue weighted by atomic mass is 14.8. The lowest BCUT2D eigenvalue weighted by Gasteiger charge is -2.03. The monoisotopic (exact) mass is 200 g/mol. The smallest absolute Gasteiger partial charge is 0.00489 e. The van der Waals surface area contributed by atoms with Crippen molar-refractivity contribution in [1.29, 1.82) is 0 Å². The first-order chi connectivity index (χ1) is 6.91. The van der Waals surface area contributed by atoms with Crippen molar-refractivity contribution < 1.29 is 0 Å². The third-order valence-corrected chi connectivity index (χ3v) is 2.51. The van der Waals surface area contributed by atoms with Gasteiger partial charge in [-0.25, -0.2) is 0 Å². The number of unbranched alkanes of at least 4 members (excludes halogenated alkanes) is 6. The van der Waals surface area contributed by atoms with Crippen LogP contribution in [0, 0.1) is 0 Å². The molecular formula is C12H28N2. The Labute approximate surface area is 89.6 Å². The van der Waals surface area contributed by atoms with Crippen LogP contribution < -0.4 is 11.1 Å². The third kappa shape index (κ3) is 11.9. The van der Waals surface area contributed by atoms with E-state index in [1.807, 2.05) is 0 Å². The second-order valence-electron chi connectivity index (χ2n) is 4.01. The van der Waals surface area contributed by atoms with Gasteiger partial charge in [-0.2, -0.15) is 0 Å². The summed E-state index contributed by atoms with van der Waals surface area (Å²) in [7, 11) is 0. The van der Waals surface area contributed by atoms with Crippen molar-refractivity contribution in [2.75, 3.05) is 19.6 Å². The Morgan fingerprint density at radius 3 is 1.93 bits per heavy atom. The van der Waals surface area contributed by atoms with Crippen LogP contribution in [0.5, 0.6) is 0 Å². The minimum absolute atomic E-state index is 0.852. The van der Waals surface area contributed by atoms with Gasteiger partial charge in [0.1, 0.15) is 0 Å². The van der Waals surface area contributed by atoms with Crippen molar-refractivity contribution >= 4 is 0 Å². The molecule has 0 aromatic rings. The fraction of sp³-hybridized carbons (Fsp3) is 1.00. The maximum atomic E-state index is 5.42. The van der Waals surface area contributed by atoms with Crippen LogP contribution in [0.1, 0.15) is 58.3 Å². The van der Waals surface area contributed by atoms with Gasteiger partial charge in [-0.15, -0.1) is 0 Å². The van der Waals surface area contributed by atoms with E-state index in [1.165, 1.54) is 64.5 Å². The average Bonchev–Trinajstić information content (AvgIpc) is 2.21. The number of rotatable bonds is 11. The van der Waals surface area contributed by atoms with Gasteiger partial charge < -0.3 is 11.1 Å². The summed E-state index contributed by atoms with van der Waals surface area (Å²) in [6, 6.07) is 0. The number of hydrogen-bond acceptors (Lipinski definition) is 2. The Kier molecular flexibility index (Phi) is 12.8. The first kappa shape index (κ1) is 13.9. The Morgan fingerprint density at radius 1 is 0.786 bits per heavy atom. The Bertz CT molecular complexity index is 82.3. The van der Waals surface area contributed by atoms with E-state index >= 15 is 0 Å². The largest absolute Gasteiger partial charge is 0.330 e. The molecule has 0 aliphatic carbocycles. The van der Waals surface area contributed by atoms with E-state index in [9.17, 15) is 0 Å². The lowest BCUT2D eigenvalue weighted by Crippen LogP contribution is -2.16. The summed E-state index contributed by atoms with van der Waals surface area (Å²) in [6.07, 6.45) is 10.6. The first-order valence-electron chi connectivity index (χ1n) is 6.32. The molecule has 14 heavy (non-hydrogen) atoms. The van der Waals surface area contributed by atoms with E-state index in [1.54, 1.807) is 0 Å². The zero-order valence-electron chi connectivity index (χ0n) is 9.86. The van der Waals surface area contributed by atoms with Gasteiger partial charge in [0.25, 0.3) is 0 Å². The predicted molar refractivity (Wildman–Crippen MR) is 64.5 cm³/mol. The van der Waals surface area contributed by atoms with Gasteiger partial charge in [0.2, 0.25) is 0 Å². The van der Waals surface area contributed by atoms with Gasteiger partial charge in [-0.3, -0.25) is 0 Å². The summed E-state index contributed by atoms with van der Waals surface area (Å²) in [5.41, 5.74) is 5.42. The molecule has 0 heterocycles. The molecule has 0 aliphatic heterocycles. The van der Waals surface area contributed by atoms with Crippen LogP contribution in [0.4, 0.5) is 0 Å². The normalized spacial score (nSPS) is 10.7. The molecule has 0 aromatic heterocycles. The van der Waals surface area contributed by atoms with E-state index in [0.29, 0.717) is 0 Å². The molecule has 0 bridgehead atoms. The zero-order chi connectivity index (χ0) is 10.5. The van der Waals surface area contributed by atoms with Crippen LogP contribution in [0.25, 0.3) is 0 Å². The molecular weight excluding hydrogens is 172 g/mol. The summed E-state index contributed by atoms with van der Waals surface area (Å²) < 4.78 is 0. The number of nitrogens with one attached hydrogen (secondary N) is 1. The highest BCUT2D eigenvalue weighted by Crippen LogP contribution is 1.98. The van der Waals surface area contributed by atoms with E-state index in [4.69, 9.17) is 5.73 Å². The van der Waals surface area contributed by atoms with Gasteiger partial charge in [0, 0.05) is 0 Å². The molecule has 0 aromatic carbocycles. The quantitative estimate of drug-likeness (QED) is 0.503. The molecule has 0 saturated carbocycles. The molecule has 2 nitrogen and oxygen atoms in total. The topological polar surface area (TPSA) is 38.0 Å². The van der Waals surface area contributed by atoms with Crippen LogP contribution in [-0.4, -0.2) is 19.6 Å². The lowest BCUT2D eigenvalue weighted by atomic mass is 10.2. The summed E-state index contributed by atoms with van der Waals surface area (Å²) in [4.78, 5) is 0. The number of hydrogen-bond donors (Lipinski definition) is 2. The Balaban J connectivity index is 2.78. The van der Waals surface area contributed by atoms with Crippen molar-refractivity contribution in [3.05, 3.63) is 0 Å². The van der Waals surface area contributed by atoms with E-state index in [-0.39, 0.29) is 0 Å². The van der Waals surface area contributed by atoms with E-state index in [2.05, 4.69) is 12.2 Å². The van der Waals surface area contributed by atoms with Crippen molar-refractivity contribution in [1.82, 2.24) is 5.32 Å². The van der Waals surface area contributed by atoms with Crippen LogP contribution in [0.3, 0.4) is 0 Å². The number of nitrogens with two attached hydrogens (primary N) is 1. The van der Waals surface area contributed by atoms with Crippen molar-refractivity contribution in [2.24, 2.45) is 5.73 Å². The molecule has 3 N–H and O–H groups in total. The Morgan fingerprint density at radius 2 is 1.36 bits per heavy atom. The molecule has 0 rings (SSSR count). The standard InChI is InChI=1S/C12H28N2/c1-2-3-4-8-11-14-12-9-6-5-7-10-13/h14H,2-13H2,1H3. The van der Waals surface area contributed by atoms with Gasteiger partial charge in [0.15, 0.2) is 0 Å². The summed E-state index contributed by atoms with van der Waals surface area (Å²) in [6.45, 7) is 5.50. The predicted octanol–water partition coefficient (Wildman–Crippen LogP) is 2.68. The minimum atomic E-state index is 0.852. The molecule has 2 heteroatoms. The highest BCUT2D eigenvalue weighted by molar-refractivity contribution is 4.50. The second-order valence-corrected chi connectivity index (χ2v) is 4.01. The Hall–Kier alpha value is -0.0800. The molecule has 0 unspecified atom stereocenters. The minimum Gasteiger partial charge on any atom is -0.330 e. The maximum absolute atomic E-state index is 5.42. The zero-order valence-corrected chi connectivity index (χ0v) is 9.86. The van der Waals surface area contributed by atoms with Gasteiger partial charge >= 0.3 is 0 Å². The molecule has 86 valence electrons. The average molecular weight is 200 g/mol. The summed E-state index contributed by atoms with van der Waals surface area (Å²) in [5, 5.41) is 3.49. The first-order valence-corrected chi connectivity index (χ1v) is 6.32. The van der Waals surface area contributed by atoms with Crippen molar-refractivity contribution in [2.45, 2.75) is 58.3 Å². The van der Waals surface area contributed by atoms with Crippen molar-refractivity contribution in [3.8, 4) is 0 Å². The fourth-order valence-electron chi connectivity index (χ4n) is 1.55. The summed E-state index contributed by atoms with van der Waals surface area (Å²) in [5.74, 6) is 0. The molecule has 0 atom stereocenters. The molecule has 0 spiro atoms. The van der Waals surface area contributed by atoms with Gasteiger partial charge in [0.05, 0.1) is 0 Å². The van der Waals surface area contributed by atoms with E-state index in [0.717, 1.165) is 6.54 Å². The molecule has 0 amide bonds. The van der Waals surface area contributed by atoms with Crippen LogP contribution in [0.2, 0.25) is 0 Å².